The zero-order valence-electron chi connectivity index (χ0n) is 23.9. The number of furan rings is 1. The van der Waals surface area contributed by atoms with Gasteiger partial charge >= 0.3 is 0 Å². The SMILES string of the molecule is CC(=C/c1oc2cc3ccccc3cc2c1CCCS(=O)(=O)O)/C=C1/Oc2cc3ccccc3cc2N1CCCS(=O)(=O)O. The third-order valence-electron chi connectivity index (χ3n) is 7.61. The lowest BCUT2D eigenvalue weighted by Crippen LogP contribution is -2.23. The number of rotatable bonds is 10. The quantitative estimate of drug-likeness (QED) is 0.156. The first-order valence-corrected chi connectivity index (χ1v) is 17.4. The molecule has 44 heavy (non-hydrogen) atoms. The van der Waals surface area contributed by atoms with Gasteiger partial charge in [-0.3, -0.25) is 9.11 Å². The smallest absolute Gasteiger partial charge is 0.264 e. The molecule has 9 nitrogen and oxygen atoms in total. The van der Waals surface area contributed by atoms with Gasteiger partial charge in [0.25, 0.3) is 20.2 Å². The number of benzene rings is 4. The fourth-order valence-corrected chi connectivity index (χ4v) is 6.63. The van der Waals surface area contributed by atoms with E-state index in [2.05, 4.69) is 0 Å². The largest absolute Gasteiger partial charge is 0.456 e. The van der Waals surface area contributed by atoms with Gasteiger partial charge < -0.3 is 14.1 Å². The van der Waals surface area contributed by atoms with Gasteiger partial charge in [-0.1, -0.05) is 48.5 Å². The van der Waals surface area contributed by atoms with Crippen molar-refractivity contribution in [2.75, 3.05) is 23.0 Å². The van der Waals surface area contributed by atoms with E-state index < -0.39 is 20.2 Å². The van der Waals surface area contributed by atoms with Crippen molar-refractivity contribution >= 4 is 64.5 Å². The first kappa shape index (κ1) is 29.9. The van der Waals surface area contributed by atoms with E-state index in [1.807, 2.05) is 96.8 Å². The van der Waals surface area contributed by atoms with Crippen molar-refractivity contribution in [3.05, 3.63) is 102 Å². The molecule has 11 heteroatoms. The van der Waals surface area contributed by atoms with Crippen LogP contribution in [0.5, 0.6) is 5.75 Å². The van der Waals surface area contributed by atoms with Crippen molar-refractivity contribution in [2.24, 2.45) is 0 Å². The van der Waals surface area contributed by atoms with E-state index in [4.69, 9.17) is 9.15 Å². The minimum Gasteiger partial charge on any atom is -0.456 e. The first-order valence-electron chi connectivity index (χ1n) is 14.2. The van der Waals surface area contributed by atoms with Crippen LogP contribution in [0.15, 0.2) is 94.7 Å². The first-order chi connectivity index (χ1) is 20.9. The van der Waals surface area contributed by atoms with Gasteiger partial charge in [-0.05, 0) is 83.6 Å². The lowest BCUT2D eigenvalue weighted by atomic mass is 10.0. The average Bonchev–Trinajstić information content (AvgIpc) is 3.45. The van der Waals surface area contributed by atoms with Gasteiger partial charge in [-0.2, -0.15) is 16.8 Å². The molecule has 0 amide bonds. The maximum Gasteiger partial charge on any atom is 0.264 e. The zero-order valence-corrected chi connectivity index (χ0v) is 25.6. The fourth-order valence-electron chi connectivity index (χ4n) is 5.63. The second kappa shape index (κ2) is 11.7. The molecule has 228 valence electrons. The van der Waals surface area contributed by atoms with Crippen molar-refractivity contribution in [2.45, 2.75) is 26.2 Å². The summed E-state index contributed by atoms with van der Waals surface area (Å²) >= 11 is 0. The summed E-state index contributed by atoms with van der Waals surface area (Å²) in [6.45, 7) is 2.18. The van der Waals surface area contributed by atoms with Gasteiger partial charge in [0.15, 0.2) is 5.75 Å². The molecule has 5 aromatic rings. The summed E-state index contributed by atoms with van der Waals surface area (Å²) in [7, 11) is -8.23. The molecule has 2 heterocycles. The second-order valence-electron chi connectivity index (χ2n) is 11.0. The molecule has 0 saturated carbocycles. The molecule has 1 aliphatic heterocycles. The molecular formula is C33H31NO8S2. The van der Waals surface area contributed by atoms with Crippen molar-refractivity contribution in [3.63, 3.8) is 0 Å². The number of nitrogens with zero attached hydrogens (tertiary/aromatic N) is 1. The molecule has 0 bridgehead atoms. The van der Waals surface area contributed by atoms with Gasteiger partial charge in [0.05, 0.1) is 17.2 Å². The molecule has 0 fully saturated rings. The molecule has 0 saturated heterocycles. The molecule has 6 rings (SSSR count). The summed E-state index contributed by atoms with van der Waals surface area (Å²) in [6.07, 6.45) is 4.47. The van der Waals surface area contributed by atoms with Gasteiger partial charge in [0, 0.05) is 23.6 Å². The van der Waals surface area contributed by atoms with Crippen LogP contribution in [0, 0.1) is 0 Å². The molecule has 0 atom stereocenters. The van der Waals surface area contributed by atoms with Gasteiger partial charge in [0.1, 0.15) is 11.3 Å². The van der Waals surface area contributed by atoms with E-state index in [0.29, 0.717) is 35.9 Å². The monoisotopic (exact) mass is 633 g/mol. The Morgan fingerprint density at radius 2 is 1.41 bits per heavy atom. The van der Waals surface area contributed by atoms with Crippen molar-refractivity contribution in [3.8, 4) is 5.75 Å². The highest BCUT2D eigenvalue weighted by atomic mass is 32.2. The van der Waals surface area contributed by atoms with Crippen LogP contribution in [-0.2, 0) is 26.7 Å². The topological polar surface area (TPSA) is 134 Å². The predicted molar refractivity (Wildman–Crippen MR) is 173 cm³/mol. The minimum absolute atomic E-state index is 0.184. The normalized spacial score (nSPS) is 15.0. The van der Waals surface area contributed by atoms with E-state index in [1.165, 1.54) is 0 Å². The number of aryl methyl sites for hydroxylation is 1. The Kier molecular flexibility index (Phi) is 7.97. The summed E-state index contributed by atoms with van der Waals surface area (Å²) in [5.41, 5.74) is 3.07. The van der Waals surface area contributed by atoms with Crippen LogP contribution in [0.1, 0.15) is 31.1 Å². The molecule has 0 radical (unpaired) electrons. The average molecular weight is 634 g/mol. The van der Waals surface area contributed by atoms with Crippen molar-refractivity contribution < 1.29 is 35.1 Å². The summed E-state index contributed by atoms with van der Waals surface area (Å²) in [5, 5.41) is 4.91. The Labute approximate surface area is 255 Å². The van der Waals surface area contributed by atoms with E-state index in [0.717, 1.165) is 43.8 Å². The Bertz CT molecular complexity index is 2180. The summed E-state index contributed by atoms with van der Waals surface area (Å²) in [4.78, 5) is 1.89. The van der Waals surface area contributed by atoms with E-state index >= 15 is 0 Å². The van der Waals surface area contributed by atoms with Crippen molar-refractivity contribution in [1.29, 1.82) is 0 Å². The Balaban J connectivity index is 1.39. The number of fused-ring (bicyclic) bond motifs is 4. The molecule has 1 aromatic heterocycles. The van der Waals surface area contributed by atoms with E-state index in [9.17, 15) is 25.9 Å². The maximum atomic E-state index is 11.4. The lowest BCUT2D eigenvalue weighted by Gasteiger charge is -2.18. The minimum atomic E-state index is -4.12. The molecule has 2 N–H and O–H groups in total. The Morgan fingerprint density at radius 1 is 0.818 bits per heavy atom. The Hall–Kier alpha value is -4.16. The predicted octanol–water partition coefficient (Wildman–Crippen LogP) is 6.98. The number of ether oxygens (including phenoxy) is 1. The van der Waals surface area contributed by atoms with Gasteiger partial charge in [0.2, 0.25) is 5.88 Å². The molecule has 1 aliphatic rings. The third kappa shape index (κ3) is 6.66. The second-order valence-corrected chi connectivity index (χ2v) is 14.1. The van der Waals surface area contributed by atoms with Gasteiger partial charge in [-0.25, -0.2) is 0 Å². The summed E-state index contributed by atoms with van der Waals surface area (Å²) in [6, 6.07) is 23.7. The standard InChI is InChI=1S/C33H31NO8S2/c1-22(16-30-27(12-6-14-43(35,36)37)28-18-23-8-2-4-10-25(23)20-31(28)41-30)17-33-34(13-7-15-44(38,39)40)29-19-24-9-3-5-11-26(24)21-32(29)42-33/h2-5,8-11,16-21H,6-7,12-15H2,1H3,(H,35,36,37)(H,38,39,40)/b22-16-,33-17+. The maximum absolute atomic E-state index is 11.4. The number of hydrogen-bond donors (Lipinski definition) is 2. The van der Waals surface area contributed by atoms with Crippen LogP contribution in [0.2, 0.25) is 0 Å². The highest BCUT2D eigenvalue weighted by molar-refractivity contribution is 7.86. The third-order valence-corrected chi connectivity index (χ3v) is 9.22. The van der Waals surface area contributed by atoms with Crippen LogP contribution >= 0.6 is 0 Å². The molecule has 0 aliphatic carbocycles. The number of anilines is 1. The molecule has 0 unspecified atom stereocenters. The molecule has 4 aromatic carbocycles. The highest BCUT2D eigenvalue weighted by Gasteiger charge is 2.27. The number of allylic oxidation sites excluding steroid dienone is 2. The Morgan fingerprint density at radius 3 is 2.07 bits per heavy atom. The summed E-state index contributed by atoms with van der Waals surface area (Å²) < 4.78 is 76.9. The van der Waals surface area contributed by atoms with Crippen molar-refractivity contribution in [1.82, 2.24) is 0 Å². The van der Waals surface area contributed by atoms with Gasteiger partial charge in [-0.15, -0.1) is 0 Å². The van der Waals surface area contributed by atoms with Crippen LogP contribution in [0.4, 0.5) is 5.69 Å². The van der Waals surface area contributed by atoms with E-state index in [-0.39, 0.29) is 24.3 Å². The lowest BCUT2D eigenvalue weighted by molar-refractivity contribution is 0.437. The molecule has 0 spiro atoms. The van der Waals surface area contributed by atoms with Crippen LogP contribution in [-0.4, -0.2) is 44.0 Å². The van der Waals surface area contributed by atoms with Crippen LogP contribution < -0.4 is 9.64 Å². The van der Waals surface area contributed by atoms with Crippen LogP contribution in [0.25, 0.3) is 38.6 Å². The molecular weight excluding hydrogens is 602 g/mol. The van der Waals surface area contributed by atoms with E-state index in [1.54, 1.807) is 0 Å². The summed E-state index contributed by atoms with van der Waals surface area (Å²) in [5.74, 6) is 0.956. The highest BCUT2D eigenvalue weighted by Crippen LogP contribution is 2.42. The zero-order chi connectivity index (χ0) is 31.1. The number of hydrogen-bond acceptors (Lipinski definition) is 7. The van der Waals surface area contributed by atoms with Crippen LogP contribution in [0.3, 0.4) is 0 Å². The fraction of sp³-hybridized carbons (Fsp3) is 0.212.